The third-order valence-corrected chi connectivity index (χ3v) is 7.68. The number of hydrogen-bond acceptors (Lipinski definition) is 6. The van der Waals surface area contributed by atoms with Crippen molar-refractivity contribution in [2.75, 3.05) is 18.9 Å². The minimum atomic E-state index is -0.167. The molecule has 1 aliphatic heterocycles. The molecule has 4 aromatic rings. The Kier molecular flexibility index (Phi) is 6.16. The molecule has 0 atom stereocenters. The lowest BCUT2D eigenvalue weighted by Gasteiger charge is -2.22. The highest BCUT2D eigenvalue weighted by Gasteiger charge is 2.27. The Morgan fingerprint density at radius 2 is 2.06 bits per heavy atom. The fourth-order valence-electron chi connectivity index (χ4n) is 3.93. The number of carbonyl (C=O) groups is 1. The van der Waals surface area contributed by atoms with E-state index in [1.807, 2.05) is 42.8 Å². The predicted molar refractivity (Wildman–Crippen MR) is 131 cm³/mol. The first-order valence-corrected chi connectivity index (χ1v) is 11.7. The fourth-order valence-corrected chi connectivity index (χ4v) is 6.37. The molecule has 0 spiro atoms. The summed E-state index contributed by atoms with van der Waals surface area (Å²) >= 11 is 3.36. The van der Waals surface area contributed by atoms with Crippen LogP contribution in [0, 0.1) is 6.92 Å². The predicted octanol–water partition coefficient (Wildman–Crippen LogP) is 5.21. The molecule has 0 bridgehead atoms. The molecule has 0 saturated heterocycles. The monoisotopic (exact) mass is 473 g/mol. The third-order valence-electron chi connectivity index (χ3n) is 5.50. The standard InChI is InChI=1S/C22H23N5OS2.ClH/c1-4-27-13(2)11-16(25-27)20(28)24-22-19(14-9-10-26(3)12-18(14)30-22)21-23-15-7-5-6-8-17(15)29-21;/h5-8,11H,4,9-10,12H2,1-3H3,(H,24,28);1H. The highest BCUT2D eigenvalue weighted by atomic mass is 35.5. The number of aromatic nitrogens is 3. The minimum absolute atomic E-state index is 0. The normalized spacial score (nSPS) is 13.8. The zero-order valence-corrected chi connectivity index (χ0v) is 20.1. The number of thiophene rings is 1. The van der Waals surface area contributed by atoms with E-state index in [1.54, 1.807) is 22.7 Å². The highest BCUT2D eigenvalue weighted by Crippen LogP contribution is 2.45. The Morgan fingerprint density at radius 1 is 1.26 bits per heavy atom. The summed E-state index contributed by atoms with van der Waals surface area (Å²) in [5.74, 6) is -0.167. The van der Waals surface area contributed by atoms with Crippen molar-refractivity contribution in [3.05, 3.63) is 52.2 Å². The van der Waals surface area contributed by atoms with Crippen LogP contribution in [0.5, 0.6) is 0 Å². The maximum Gasteiger partial charge on any atom is 0.276 e. The van der Waals surface area contributed by atoms with Gasteiger partial charge in [-0.05, 0) is 51.1 Å². The van der Waals surface area contributed by atoms with Crippen LogP contribution in [0.25, 0.3) is 20.8 Å². The quantitative estimate of drug-likeness (QED) is 0.441. The van der Waals surface area contributed by atoms with Gasteiger partial charge >= 0.3 is 0 Å². The number of nitrogens with zero attached hydrogens (tertiary/aromatic N) is 4. The number of thiazole rings is 1. The minimum Gasteiger partial charge on any atom is -0.312 e. The van der Waals surface area contributed by atoms with E-state index in [9.17, 15) is 4.79 Å². The first kappa shape index (κ1) is 22.0. The average Bonchev–Trinajstić information content (AvgIpc) is 3.41. The van der Waals surface area contributed by atoms with E-state index in [0.29, 0.717) is 5.69 Å². The van der Waals surface area contributed by atoms with Gasteiger partial charge in [0.25, 0.3) is 5.91 Å². The zero-order chi connectivity index (χ0) is 20.8. The van der Waals surface area contributed by atoms with Gasteiger partial charge in [0, 0.05) is 35.8 Å². The van der Waals surface area contributed by atoms with Crippen molar-refractivity contribution >= 4 is 56.2 Å². The Bertz CT molecular complexity index is 1230. The molecule has 4 heterocycles. The van der Waals surface area contributed by atoms with Gasteiger partial charge in [0.05, 0.1) is 10.2 Å². The molecule has 3 aromatic heterocycles. The van der Waals surface area contributed by atoms with Gasteiger partial charge in [-0.2, -0.15) is 5.10 Å². The third kappa shape index (κ3) is 4.01. The van der Waals surface area contributed by atoms with E-state index >= 15 is 0 Å². The molecule has 0 unspecified atom stereocenters. The molecule has 5 rings (SSSR count). The van der Waals surface area contributed by atoms with Crippen molar-refractivity contribution in [3.8, 4) is 10.6 Å². The lowest BCUT2D eigenvalue weighted by Crippen LogP contribution is -2.25. The first-order chi connectivity index (χ1) is 14.5. The SMILES string of the molecule is CCn1nc(C(=O)Nc2sc3c(c2-c2nc4ccccc4s2)CCN(C)C3)cc1C.Cl. The molecular formula is C22H24ClN5OS2. The van der Waals surface area contributed by atoms with Crippen LogP contribution in [-0.4, -0.2) is 39.2 Å². The van der Waals surface area contributed by atoms with Crippen LogP contribution < -0.4 is 5.32 Å². The van der Waals surface area contributed by atoms with E-state index in [0.717, 1.165) is 57.5 Å². The van der Waals surface area contributed by atoms with Crippen LogP contribution in [0.1, 0.15) is 33.5 Å². The highest BCUT2D eigenvalue weighted by molar-refractivity contribution is 7.22. The lowest BCUT2D eigenvalue weighted by atomic mass is 10.0. The number of benzene rings is 1. The maximum absolute atomic E-state index is 13.0. The number of likely N-dealkylation sites (N-methyl/N-ethyl adjacent to an activating group) is 1. The number of amides is 1. The first-order valence-electron chi connectivity index (χ1n) is 10.1. The molecule has 162 valence electrons. The summed E-state index contributed by atoms with van der Waals surface area (Å²) in [6.45, 7) is 6.65. The van der Waals surface area contributed by atoms with Crippen molar-refractivity contribution in [1.82, 2.24) is 19.7 Å². The number of nitrogens with one attached hydrogen (secondary N) is 1. The Balaban J connectivity index is 0.00000231. The van der Waals surface area contributed by atoms with Gasteiger partial charge < -0.3 is 10.2 Å². The topological polar surface area (TPSA) is 63.1 Å². The summed E-state index contributed by atoms with van der Waals surface area (Å²) in [5.41, 5.74) is 4.85. The van der Waals surface area contributed by atoms with Crippen LogP contribution in [-0.2, 0) is 19.5 Å². The molecule has 0 fully saturated rings. The summed E-state index contributed by atoms with van der Waals surface area (Å²) < 4.78 is 3.01. The van der Waals surface area contributed by atoms with E-state index in [2.05, 4.69) is 28.4 Å². The number of anilines is 1. The average molecular weight is 474 g/mol. The number of aryl methyl sites for hydroxylation is 2. The van der Waals surface area contributed by atoms with E-state index < -0.39 is 0 Å². The largest absolute Gasteiger partial charge is 0.312 e. The second-order valence-electron chi connectivity index (χ2n) is 7.62. The molecule has 9 heteroatoms. The van der Waals surface area contributed by atoms with Crippen LogP contribution in [0.4, 0.5) is 5.00 Å². The zero-order valence-electron chi connectivity index (χ0n) is 17.6. The van der Waals surface area contributed by atoms with Gasteiger partial charge in [-0.15, -0.1) is 35.1 Å². The van der Waals surface area contributed by atoms with Gasteiger partial charge in [0.15, 0.2) is 5.69 Å². The lowest BCUT2D eigenvalue weighted by molar-refractivity contribution is 0.102. The van der Waals surface area contributed by atoms with Crippen LogP contribution in [0.2, 0.25) is 0 Å². The summed E-state index contributed by atoms with van der Waals surface area (Å²) in [5, 5.41) is 9.46. The second kappa shape index (κ2) is 8.70. The van der Waals surface area contributed by atoms with E-state index in [1.165, 1.54) is 10.4 Å². The van der Waals surface area contributed by atoms with Crippen molar-refractivity contribution in [1.29, 1.82) is 0 Å². The summed E-state index contributed by atoms with van der Waals surface area (Å²) in [7, 11) is 2.14. The molecule has 1 amide bonds. The molecule has 1 N–H and O–H groups in total. The summed E-state index contributed by atoms with van der Waals surface area (Å²) in [6.07, 6.45) is 0.965. The fraction of sp³-hybridized carbons (Fsp3) is 0.318. The molecule has 1 aromatic carbocycles. The van der Waals surface area contributed by atoms with Gasteiger partial charge in [-0.3, -0.25) is 9.48 Å². The van der Waals surface area contributed by atoms with Gasteiger partial charge in [-0.1, -0.05) is 12.1 Å². The van der Waals surface area contributed by atoms with Crippen LogP contribution >= 0.6 is 35.1 Å². The second-order valence-corrected chi connectivity index (χ2v) is 9.76. The molecule has 0 radical (unpaired) electrons. The summed E-state index contributed by atoms with van der Waals surface area (Å²) in [4.78, 5) is 21.5. The van der Waals surface area contributed by atoms with E-state index in [-0.39, 0.29) is 18.3 Å². The van der Waals surface area contributed by atoms with Crippen molar-refractivity contribution < 1.29 is 4.79 Å². The summed E-state index contributed by atoms with van der Waals surface area (Å²) in [6, 6.07) is 10.0. The van der Waals surface area contributed by atoms with Gasteiger partial charge in [-0.25, -0.2) is 4.98 Å². The molecular weight excluding hydrogens is 450 g/mol. The number of hydrogen-bond donors (Lipinski definition) is 1. The number of para-hydroxylation sites is 1. The number of fused-ring (bicyclic) bond motifs is 2. The van der Waals surface area contributed by atoms with Crippen LogP contribution in [0.3, 0.4) is 0 Å². The molecule has 0 aliphatic carbocycles. The molecule has 1 aliphatic rings. The molecule has 0 saturated carbocycles. The van der Waals surface area contributed by atoms with Crippen molar-refractivity contribution in [2.24, 2.45) is 0 Å². The van der Waals surface area contributed by atoms with Gasteiger partial charge in [0.2, 0.25) is 0 Å². The number of halogens is 1. The van der Waals surface area contributed by atoms with Gasteiger partial charge in [0.1, 0.15) is 10.0 Å². The molecule has 31 heavy (non-hydrogen) atoms. The number of carbonyl (C=O) groups excluding carboxylic acids is 1. The van der Waals surface area contributed by atoms with E-state index in [4.69, 9.17) is 4.98 Å². The molecule has 6 nitrogen and oxygen atoms in total. The Hall–Kier alpha value is -2.26. The van der Waals surface area contributed by atoms with Crippen molar-refractivity contribution in [2.45, 2.75) is 33.4 Å². The van der Waals surface area contributed by atoms with Crippen molar-refractivity contribution in [3.63, 3.8) is 0 Å². The number of rotatable bonds is 4. The Morgan fingerprint density at radius 3 is 2.81 bits per heavy atom. The smallest absolute Gasteiger partial charge is 0.276 e. The van der Waals surface area contributed by atoms with Crippen LogP contribution in [0.15, 0.2) is 30.3 Å². The maximum atomic E-state index is 13.0. The Labute approximate surface area is 195 Å².